The highest BCUT2D eigenvalue weighted by atomic mass is 16.5. The van der Waals surface area contributed by atoms with E-state index in [-0.39, 0.29) is 18.4 Å². The second-order valence-corrected chi connectivity index (χ2v) is 12.8. The molecule has 4 aromatic carbocycles. The van der Waals surface area contributed by atoms with Crippen LogP contribution in [-0.4, -0.2) is 49.2 Å². The fourth-order valence-electron chi connectivity index (χ4n) is 7.40. The zero-order chi connectivity index (χ0) is 36.4. The molecule has 0 unspecified atom stereocenters. The number of esters is 1. The van der Waals surface area contributed by atoms with E-state index in [0.29, 0.717) is 52.1 Å². The minimum atomic E-state index is -0.544. The van der Waals surface area contributed by atoms with Gasteiger partial charge in [-0.05, 0) is 84.9 Å². The van der Waals surface area contributed by atoms with Crippen LogP contribution in [0, 0.1) is 13.8 Å². The lowest BCUT2D eigenvalue weighted by Gasteiger charge is -2.24. The summed E-state index contributed by atoms with van der Waals surface area (Å²) in [6.45, 7) is 3.57. The predicted molar refractivity (Wildman–Crippen MR) is 203 cm³/mol. The van der Waals surface area contributed by atoms with Gasteiger partial charge in [0.05, 0.1) is 44.1 Å². The molecular weight excluding hydrogens is 652 g/mol. The van der Waals surface area contributed by atoms with Gasteiger partial charge in [-0.2, -0.15) is 0 Å². The van der Waals surface area contributed by atoms with E-state index in [0.717, 1.165) is 44.9 Å². The number of carbonyl (C=O) groups is 2. The van der Waals surface area contributed by atoms with Crippen molar-refractivity contribution in [2.45, 2.75) is 32.7 Å². The SMILES string of the molecule is COc1cc(/C=C2\CCc3c2nc2ccccc2c3C(=O)OCC(=O)c2cc(C)n(C(c3ccccc3)c3ccccc3)c2C)cc(OC)c1OC. The Bertz CT molecular complexity index is 2260. The molecule has 0 saturated carbocycles. The zero-order valence-corrected chi connectivity index (χ0v) is 29.9. The van der Waals surface area contributed by atoms with Gasteiger partial charge in [0.1, 0.15) is 0 Å². The number of methoxy groups -OCH3 is 3. The molecule has 0 aliphatic heterocycles. The van der Waals surface area contributed by atoms with Crippen LogP contribution < -0.4 is 14.2 Å². The van der Waals surface area contributed by atoms with Gasteiger partial charge < -0.3 is 23.5 Å². The van der Waals surface area contributed by atoms with Crippen LogP contribution in [0.3, 0.4) is 0 Å². The van der Waals surface area contributed by atoms with E-state index < -0.39 is 5.97 Å². The lowest BCUT2D eigenvalue weighted by Crippen LogP contribution is -2.18. The molecule has 0 amide bonds. The Morgan fingerprint density at radius 1 is 0.788 bits per heavy atom. The Balaban J connectivity index is 1.19. The number of hydrogen-bond donors (Lipinski definition) is 0. The molecule has 52 heavy (non-hydrogen) atoms. The number of fused-ring (bicyclic) bond motifs is 2. The summed E-state index contributed by atoms with van der Waals surface area (Å²) in [7, 11) is 4.74. The van der Waals surface area contributed by atoms with Gasteiger partial charge in [0.15, 0.2) is 18.1 Å². The molecule has 0 saturated heterocycles. The highest BCUT2D eigenvalue weighted by Gasteiger charge is 2.29. The van der Waals surface area contributed by atoms with Gasteiger partial charge in [-0.1, -0.05) is 78.9 Å². The molecule has 0 N–H and O–H groups in total. The molecule has 0 fully saturated rings. The van der Waals surface area contributed by atoms with Gasteiger partial charge in [0, 0.05) is 22.3 Å². The van der Waals surface area contributed by atoms with E-state index >= 15 is 0 Å². The number of para-hydroxylation sites is 1. The maximum absolute atomic E-state index is 14.0. The summed E-state index contributed by atoms with van der Waals surface area (Å²) in [5, 5.41) is 0.694. The van der Waals surface area contributed by atoms with Crippen molar-refractivity contribution < 1.29 is 28.5 Å². The number of hydrogen-bond acceptors (Lipinski definition) is 7. The number of aromatic nitrogens is 2. The molecule has 0 atom stereocenters. The molecule has 6 aromatic rings. The number of allylic oxidation sites excluding steroid dienone is 1. The first kappa shape index (κ1) is 34.3. The van der Waals surface area contributed by atoms with Crippen LogP contribution in [0.25, 0.3) is 22.6 Å². The zero-order valence-electron chi connectivity index (χ0n) is 29.9. The molecule has 2 heterocycles. The van der Waals surface area contributed by atoms with Crippen LogP contribution in [0.1, 0.15) is 72.5 Å². The summed E-state index contributed by atoms with van der Waals surface area (Å²) < 4.78 is 24.7. The number of rotatable bonds is 11. The van der Waals surface area contributed by atoms with Crippen LogP contribution in [0.15, 0.2) is 103 Å². The fourth-order valence-corrected chi connectivity index (χ4v) is 7.40. The van der Waals surface area contributed by atoms with E-state index in [1.165, 1.54) is 0 Å². The third-order valence-electron chi connectivity index (χ3n) is 9.78. The van der Waals surface area contributed by atoms with Crippen LogP contribution in [-0.2, 0) is 11.2 Å². The van der Waals surface area contributed by atoms with Crippen molar-refractivity contribution in [1.29, 1.82) is 0 Å². The molecule has 7 rings (SSSR count). The molecule has 0 bridgehead atoms. The number of aryl methyl sites for hydroxylation is 1. The van der Waals surface area contributed by atoms with Gasteiger partial charge in [0.2, 0.25) is 11.5 Å². The summed E-state index contributed by atoms with van der Waals surface area (Å²) in [4.78, 5) is 32.8. The average molecular weight is 693 g/mol. The van der Waals surface area contributed by atoms with Crippen molar-refractivity contribution in [1.82, 2.24) is 9.55 Å². The van der Waals surface area contributed by atoms with Crippen LogP contribution in [0.5, 0.6) is 17.2 Å². The molecule has 262 valence electrons. The first-order valence-corrected chi connectivity index (χ1v) is 17.2. The molecule has 8 nitrogen and oxygen atoms in total. The summed E-state index contributed by atoms with van der Waals surface area (Å²) in [6, 6.07) is 33.6. The number of nitrogens with zero attached hydrogens (tertiary/aromatic N) is 2. The number of Topliss-reactive ketones (excluding diaryl/α,β-unsaturated/α-hetero) is 1. The van der Waals surface area contributed by atoms with Gasteiger partial charge in [-0.15, -0.1) is 0 Å². The molecule has 2 aromatic heterocycles. The van der Waals surface area contributed by atoms with Crippen molar-refractivity contribution in [3.63, 3.8) is 0 Å². The second-order valence-electron chi connectivity index (χ2n) is 12.8. The molecule has 1 aliphatic carbocycles. The Labute approximate surface area is 303 Å². The minimum Gasteiger partial charge on any atom is -0.493 e. The number of ether oxygens (including phenoxy) is 4. The first-order chi connectivity index (χ1) is 25.3. The quantitative estimate of drug-likeness (QED) is 0.0990. The van der Waals surface area contributed by atoms with E-state index in [9.17, 15) is 9.59 Å². The van der Waals surface area contributed by atoms with Gasteiger partial charge in [-0.25, -0.2) is 9.78 Å². The smallest absolute Gasteiger partial charge is 0.339 e. The average Bonchev–Trinajstić information content (AvgIpc) is 3.71. The van der Waals surface area contributed by atoms with Crippen molar-refractivity contribution in [2.24, 2.45) is 0 Å². The number of benzene rings is 4. The highest BCUT2D eigenvalue weighted by molar-refractivity contribution is 6.08. The molecule has 8 heteroatoms. The van der Waals surface area contributed by atoms with Crippen molar-refractivity contribution in [3.8, 4) is 17.2 Å². The summed E-state index contributed by atoms with van der Waals surface area (Å²) in [6.07, 6.45) is 3.30. The fraction of sp³-hybridized carbons (Fsp3) is 0.205. The molecule has 1 aliphatic rings. The van der Waals surface area contributed by atoms with E-state index in [1.807, 2.05) is 98.8 Å². The topological polar surface area (TPSA) is 88.9 Å². The predicted octanol–water partition coefficient (Wildman–Crippen LogP) is 8.84. The molecule has 0 spiro atoms. The summed E-state index contributed by atoms with van der Waals surface area (Å²) in [5.41, 5.74) is 8.99. The number of ketones is 1. The third-order valence-corrected chi connectivity index (χ3v) is 9.78. The number of pyridine rings is 1. The standard InChI is InChI=1S/C44H40N2O6/c1-27-22-35(28(2)46(27)42(30-14-8-6-9-15-30)31-16-10-7-11-17-31)37(47)26-52-44(48)40-33-18-12-13-19-36(33)45-41-32(20-21-34(40)41)23-29-24-38(49-3)43(51-5)39(25-29)50-4/h6-19,22-25,42H,20-21,26H2,1-5H3/b32-23+. The van der Waals surface area contributed by atoms with Gasteiger partial charge in [0.25, 0.3) is 0 Å². The van der Waals surface area contributed by atoms with Crippen LogP contribution in [0.4, 0.5) is 0 Å². The Morgan fingerprint density at radius 2 is 1.40 bits per heavy atom. The lowest BCUT2D eigenvalue weighted by atomic mass is 9.98. The maximum Gasteiger partial charge on any atom is 0.339 e. The third kappa shape index (κ3) is 6.32. The first-order valence-electron chi connectivity index (χ1n) is 17.2. The van der Waals surface area contributed by atoms with E-state index in [4.69, 9.17) is 23.9 Å². The highest BCUT2D eigenvalue weighted by Crippen LogP contribution is 2.42. The number of carbonyl (C=O) groups excluding carboxylic acids is 2. The lowest BCUT2D eigenvalue weighted by molar-refractivity contribution is 0.0475. The summed E-state index contributed by atoms with van der Waals surface area (Å²) >= 11 is 0. The van der Waals surface area contributed by atoms with E-state index in [1.54, 1.807) is 21.3 Å². The van der Waals surface area contributed by atoms with Gasteiger partial charge >= 0.3 is 5.97 Å². The Hall–Kier alpha value is -6.15. The second kappa shape index (κ2) is 14.6. The van der Waals surface area contributed by atoms with Crippen molar-refractivity contribution in [3.05, 3.63) is 154 Å². The van der Waals surface area contributed by atoms with Gasteiger partial charge in [-0.3, -0.25) is 4.79 Å². The molecular formula is C44H40N2O6. The van der Waals surface area contributed by atoms with Crippen molar-refractivity contribution in [2.75, 3.05) is 27.9 Å². The Morgan fingerprint density at radius 3 is 2.02 bits per heavy atom. The Kier molecular flexibility index (Phi) is 9.63. The van der Waals surface area contributed by atoms with Crippen LogP contribution >= 0.6 is 0 Å². The maximum atomic E-state index is 14.0. The minimum absolute atomic E-state index is 0.125. The normalized spacial score (nSPS) is 13.0. The summed E-state index contributed by atoms with van der Waals surface area (Å²) in [5.74, 6) is 0.798. The molecule has 0 radical (unpaired) electrons. The van der Waals surface area contributed by atoms with Crippen LogP contribution in [0.2, 0.25) is 0 Å². The largest absolute Gasteiger partial charge is 0.493 e. The van der Waals surface area contributed by atoms with Crippen molar-refractivity contribution >= 4 is 34.3 Å². The monoisotopic (exact) mass is 692 g/mol. The van der Waals surface area contributed by atoms with E-state index in [2.05, 4.69) is 28.8 Å².